The fourth-order valence-corrected chi connectivity index (χ4v) is 5.66. The molecule has 7 nitrogen and oxygen atoms in total. The molecule has 32 heavy (non-hydrogen) atoms. The Balaban J connectivity index is 1.57. The number of aliphatic hydroxyl groups excluding tert-OH is 1. The first-order valence-electron chi connectivity index (χ1n) is 10.7. The molecular weight excluding hydrogens is 430 g/mol. The lowest BCUT2D eigenvalue weighted by atomic mass is 9.76. The Bertz CT molecular complexity index is 1140. The summed E-state index contributed by atoms with van der Waals surface area (Å²) in [5, 5.41) is 17.0. The summed E-state index contributed by atoms with van der Waals surface area (Å²) in [4.78, 5) is 41.7. The molecule has 0 bridgehead atoms. The van der Waals surface area contributed by atoms with E-state index in [0.717, 1.165) is 5.56 Å². The van der Waals surface area contributed by atoms with Gasteiger partial charge in [-0.1, -0.05) is 48.0 Å². The molecule has 0 aromatic heterocycles. The van der Waals surface area contributed by atoms with Crippen LogP contribution in [-0.2, 0) is 26.3 Å². The SMILES string of the molecule is Cc1c(Cl)ccc2c1NC(=O)[C@@]21N[C@@H]([C@H](C)O)[C@H]2C(=O)N(CCc3ccccc3)C(=O)[C@H]21. The van der Waals surface area contributed by atoms with Gasteiger partial charge in [0.25, 0.3) is 0 Å². The molecule has 0 unspecified atom stereocenters. The second kappa shape index (κ2) is 7.40. The molecule has 5 rings (SSSR count). The number of anilines is 1. The highest BCUT2D eigenvalue weighted by Crippen LogP contribution is 2.54. The Kier molecular flexibility index (Phi) is 4.89. The second-order valence-corrected chi connectivity index (χ2v) is 9.24. The van der Waals surface area contributed by atoms with Crippen LogP contribution in [0.25, 0.3) is 0 Å². The van der Waals surface area contributed by atoms with E-state index in [0.29, 0.717) is 28.3 Å². The van der Waals surface area contributed by atoms with Crippen molar-refractivity contribution in [2.45, 2.75) is 38.0 Å². The topological polar surface area (TPSA) is 98.7 Å². The van der Waals surface area contributed by atoms with Crippen molar-refractivity contribution in [3.63, 3.8) is 0 Å². The van der Waals surface area contributed by atoms with Gasteiger partial charge in [0.15, 0.2) is 0 Å². The van der Waals surface area contributed by atoms with Gasteiger partial charge in [-0.15, -0.1) is 0 Å². The van der Waals surface area contributed by atoms with E-state index in [9.17, 15) is 19.5 Å². The van der Waals surface area contributed by atoms with Crippen LogP contribution >= 0.6 is 11.6 Å². The minimum atomic E-state index is -1.43. The van der Waals surface area contributed by atoms with E-state index in [1.165, 1.54) is 4.90 Å². The summed E-state index contributed by atoms with van der Waals surface area (Å²) in [5.74, 6) is -2.90. The lowest BCUT2D eigenvalue weighted by Crippen LogP contribution is -2.55. The molecule has 2 aromatic rings. The number of benzene rings is 2. The predicted octanol–water partition coefficient (Wildman–Crippen LogP) is 1.99. The quantitative estimate of drug-likeness (QED) is 0.615. The van der Waals surface area contributed by atoms with Gasteiger partial charge < -0.3 is 10.4 Å². The summed E-state index contributed by atoms with van der Waals surface area (Å²) in [6.45, 7) is 3.59. The number of nitrogens with one attached hydrogen (secondary N) is 2. The minimum absolute atomic E-state index is 0.228. The Labute approximate surface area is 190 Å². The number of nitrogens with zero attached hydrogens (tertiary/aromatic N) is 1. The van der Waals surface area contributed by atoms with E-state index >= 15 is 0 Å². The van der Waals surface area contributed by atoms with Crippen LogP contribution in [0.15, 0.2) is 42.5 Å². The van der Waals surface area contributed by atoms with Crippen molar-refractivity contribution in [3.05, 3.63) is 64.2 Å². The van der Waals surface area contributed by atoms with Crippen LogP contribution in [0, 0.1) is 18.8 Å². The number of hydrogen-bond donors (Lipinski definition) is 3. The van der Waals surface area contributed by atoms with Crippen LogP contribution in [0.2, 0.25) is 5.02 Å². The number of fused-ring (bicyclic) bond motifs is 4. The van der Waals surface area contributed by atoms with Gasteiger partial charge in [0.05, 0.1) is 23.6 Å². The van der Waals surface area contributed by atoms with Crippen molar-refractivity contribution < 1.29 is 19.5 Å². The molecule has 2 saturated heterocycles. The van der Waals surface area contributed by atoms with Gasteiger partial charge in [-0.2, -0.15) is 0 Å². The van der Waals surface area contributed by atoms with E-state index in [4.69, 9.17) is 11.6 Å². The molecule has 8 heteroatoms. The normalized spacial score (nSPS) is 29.4. The van der Waals surface area contributed by atoms with E-state index in [2.05, 4.69) is 10.6 Å². The van der Waals surface area contributed by atoms with Crippen LogP contribution in [0.3, 0.4) is 0 Å². The lowest BCUT2D eigenvalue weighted by Gasteiger charge is -2.30. The Morgan fingerprint density at radius 3 is 2.53 bits per heavy atom. The van der Waals surface area contributed by atoms with E-state index < -0.39 is 35.4 Å². The molecule has 2 aromatic carbocycles. The molecule has 3 N–H and O–H groups in total. The fraction of sp³-hybridized carbons (Fsp3) is 0.375. The molecule has 0 radical (unpaired) electrons. The molecule has 3 aliphatic rings. The Morgan fingerprint density at radius 2 is 1.84 bits per heavy atom. The zero-order chi connectivity index (χ0) is 22.8. The standard InChI is InChI=1S/C24H24ClN3O4/c1-12-16(25)9-8-15-19(12)26-23(32)24(15)18-17(20(27-24)13(2)29)21(30)28(22(18)31)11-10-14-6-4-3-5-7-14/h3-9,13,17-18,20,27,29H,10-11H2,1-2H3,(H,26,32)/t13-,17-,18-,20-,24+/m0/s1. The molecule has 3 amide bonds. The zero-order valence-electron chi connectivity index (χ0n) is 17.8. The first-order valence-corrected chi connectivity index (χ1v) is 11.1. The molecule has 0 aliphatic carbocycles. The molecular formula is C24H24ClN3O4. The molecule has 2 fully saturated rings. The van der Waals surface area contributed by atoms with Crippen molar-refractivity contribution in [1.29, 1.82) is 0 Å². The van der Waals surface area contributed by atoms with Crippen LogP contribution in [0.5, 0.6) is 0 Å². The first kappa shape index (κ1) is 21.1. The third-order valence-corrected chi connectivity index (χ3v) is 7.51. The maximum atomic E-state index is 13.6. The van der Waals surface area contributed by atoms with Crippen LogP contribution < -0.4 is 10.6 Å². The third kappa shape index (κ3) is 2.78. The summed E-state index contributed by atoms with van der Waals surface area (Å²) in [6, 6.07) is 12.3. The van der Waals surface area contributed by atoms with Crippen LogP contribution in [0.4, 0.5) is 5.69 Å². The van der Waals surface area contributed by atoms with Gasteiger partial charge >= 0.3 is 0 Å². The number of imide groups is 1. The monoisotopic (exact) mass is 453 g/mol. The average molecular weight is 454 g/mol. The van der Waals surface area contributed by atoms with Gasteiger partial charge in [0.1, 0.15) is 5.54 Å². The minimum Gasteiger partial charge on any atom is -0.392 e. The number of rotatable bonds is 4. The van der Waals surface area contributed by atoms with Gasteiger partial charge in [0.2, 0.25) is 17.7 Å². The summed E-state index contributed by atoms with van der Waals surface area (Å²) in [7, 11) is 0. The molecule has 0 saturated carbocycles. The highest BCUT2D eigenvalue weighted by molar-refractivity contribution is 6.32. The summed E-state index contributed by atoms with van der Waals surface area (Å²) < 4.78 is 0. The molecule has 3 heterocycles. The largest absolute Gasteiger partial charge is 0.392 e. The number of aliphatic hydroxyl groups is 1. The van der Waals surface area contributed by atoms with Crippen molar-refractivity contribution >= 4 is 35.0 Å². The van der Waals surface area contributed by atoms with Crippen molar-refractivity contribution in [2.75, 3.05) is 11.9 Å². The number of hydrogen-bond acceptors (Lipinski definition) is 5. The molecule has 166 valence electrons. The summed E-state index contributed by atoms with van der Waals surface area (Å²) >= 11 is 6.26. The van der Waals surface area contributed by atoms with E-state index in [-0.39, 0.29) is 18.4 Å². The number of carbonyl (C=O) groups is 3. The van der Waals surface area contributed by atoms with Crippen molar-refractivity contribution in [1.82, 2.24) is 10.2 Å². The third-order valence-electron chi connectivity index (χ3n) is 7.10. The zero-order valence-corrected chi connectivity index (χ0v) is 18.5. The number of carbonyl (C=O) groups excluding carboxylic acids is 3. The number of amides is 3. The maximum Gasteiger partial charge on any atom is 0.250 e. The number of halogens is 1. The first-order chi connectivity index (χ1) is 15.3. The second-order valence-electron chi connectivity index (χ2n) is 8.83. The van der Waals surface area contributed by atoms with Gasteiger partial charge in [0, 0.05) is 23.2 Å². The van der Waals surface area contributed by atoms with Crippen molar-refractivity contribution in [2.24, 2.45) is 11.8 Å². The van der Waals surface area contributed by atoms with Gasteiger partial charge in [-0.25, -0.2) is 0 Å². The summed E-state index contributed by atoms with van der Waals surface area (Å²) in [6.07, 6.45) is -0.410. The number of likely N-dealkylation sites (tertiary alicyclic amines) is 1. The smallest absolute Gasteiger partial charge is 0.250 e. The maximum absolute atomic E-state index is 13.6. The van der Waals surface area contributed by atoms with Crippen molar-refractivity contribution in [3.8, 4) is 0 Å². The van der Waals surface area contributed by atoms with E-state index in [1.807, 2.05) is 30.3 Å². The predicted molar refractivity (Wildman–Crippen MR) is 119 cm³/mol. The molecule has 1 spiro atoms. The molecule has 5 atom stereocenters. The van der Waals surface area contributed by atoms with Gasteiger partial charge in [-0.05, 0) is 37.5 Å². The summed E-state index contributed by atoms with van der Waals surface area (Å²) in [5.41, 5.74) is 1.44. The average Bonchev–Trinajstić information content (AvgIpc) is 3.36. The Hall–Kier alpha value is -2.74. The molecule has 3 aliphatic heterocycles. The van der Waals surface area contributed by atoms with E-state index in [1.54, 1.807) is 26.0 Å². The lowest BCUT2D eigenvalue weighted by molar-refractivity contribution is -0.143. The van der Waals surface area contributed by atoms with Crippen LogP contribution in [-0.4, -0.2) is 46.4 Å². The fourth-order valence-electron chi connectivity index (χ4n) is 5.50. The highest BCUT2D eigenvalue weighted by Gasteiger charge is 2.71. The van der Waals surface area contributed by atoms with Crippen LogP contribution in [0.1, 0.15) is 23.6 Å². The Morgan fingerprint density at radius 1 is 1.12 bits per heavy atom. The van der Waals surface area contributed by atoms with Gasteiger partial charge in [-0.3, -0.25) is 24.6 Å². The highest BCUT2D eigenvalue weighted by atomic mass is 35.5.